The monoisotopic (exact) mass is 455 g/mol. The zero-order chi connectivity index (χ0) is 23.3. The Morgan fingerprint density at radius 3 is 2.53 bits per heavy atom. The first kappa shape index (κ1) is 23.7. The van der Waals surface area contributed by atoms with Crippen molar-refractivity contribution in [2.24, 2.45) is 0 Å². The fourth-order valence-electron chi connectivity index (χ4n) is 4.09. The Bertz CT molecular complexity index is 1100. The molecule has 0 fully saturated rings. The average Bonchev–Trinajstić information content (AvgIpc) is 3.04. The summed E-state index contributed by atoms with van der Waals surface area (Å²) in [4.78, 5) is 26.1. The number of carbonyl (C=O) groups excluding carboxylic acids is 1. The Kier molecular flexibility index (Phi) is 7.85. The molecule has 1 aliphatic carbocycles. The molecule has 0 bridgehead atoms. The fourth-order valence-corrected chi connectivity index (χ4v) is 4.56. The van der Waals surface area contributed by atoms with Crippen molar-refractivity contribution >= 4 is 17.7 Å². The van der Waals surface area contributed by atoms with E-state index in [9.17, 15) is 9.59 Å². The molecule has 170 valence electrons. The third-order valence-corrected chi connectivity index (χ3v) is 6.37. The maximum Gasteiger partial charge on any atom is 0.224 e. The summed E-state index contributed by atoms with van der Waals surface area (Å²) in [6.45, 7) is 1.88. The molecule has 0 radical (unpaired) electrons. The number of benzene rings is 1. The second kappa shape index (κ2) is 10.6. The van der Waals surface area contributed by atoms with Crippen LogP contribution in [-0.2, 0) is 11.2 Å². The number of thioether (sulfide) groups is 1. The topological polar surface area (TPSA) is 73.9 Å². The van der Waals surface area contributed by atoms with Gasteiger partial charge in [-0.05, 0) is 60.9 Å². The van der Waals surface area contributed by atoms with E-state index >= 15 is 0 Å². The maximum atomic E-state index is 12.9. The van der Waals surface area contributed by atoms with Crippen LogP contribution in [0.25, 0.3) is 11.1 Å². The van der Waals surface area contributed by atoms with Crippen molar-refractivity contribution in [1.82, 2.24) is 5.32 Å². The third-order valence-electron chi connectivity index (χ3n) is 5.59. The van der Waals surface area contributed by atoms with Gasteiger partial charge < -0.3 is 19.5 Å². The average molecular weight is 456 g/mol. The molecule has 32 heavy (non-hydrogen) atoms. The summed E-state index contributed by atoms with van der Waals surface area (Å²) >= 11 is 1.40. The minimum Gasteiger partial charge on any atom is -0.493 e. The van der Waals surface area contributed by atoms with E-state index in [0.717, 1.165) is 22.3 Å². The largest absolute Gasteiger partial charge is 0.493 e. The molecule has 0 aromatic heterocycles. The summed E-state index contributed by atoms with van der Waals surface area (Å²) in [5.41, 5.74) is 3.40. The van der Waals surface area contributed by atoms with Crippen molar-refractivity contribution < 1.29 is 19.0 Å². The van der Waals surface area contributed by atoms with E-state index in [0.29, 0.717) is 41.4 Å². The van der Waals surface area contributed by atoms with Crippen LogP contribution in [-0.4, -0.2) is 33.5 Å². The van der Waals surface area contributed by atoms with Crippen molar-refractivity contribution in [1.29, 1.82) is 0 Å². The van der Waals surface area contributed by atoms with Crippen LogP contribution in [0.3, 0.4) is 0 Å². The van der Waals surface area contributed by atoms with Gasteiger partial charge in [-0.15, -0.1) is 11.8 Å². The highest BCUT2D eigenvalue weighted by Crippen LogP contribution is 2.50. The first-order valence-corrected chi connectivity index (χ1v) is 11.7. The molecule has 0 heterocycles. The predicted octanol–water partition coefficient (Wildman–Crippen LogP) is 4.53. The Labute approximate surface area is 193 Å². The lowest BCUT2D eigenvalue weighted by Crippen LogP contribution is -2.28. The van der Waals surface area contributed by atoms with E-state index in [-0.39, 0.29) is 17.4 Å². The van der Waals surface area contributed by atoms with Crippen LogP contribution in [0.1, 0.15) is 36.9 Å². The number of aryl methyl sites for hydroxylation is 1. The molecule has 7 heteroatoms. The summed E-state index contributed by atoms with van der Waals surface area (Å²) in [6.07, 6.45) is 7.14. The van der Waals surface area contributed by atoms with E-state index in [2.05, 4.69) is 5.32 Å². The van der Waals surface area contributed by atoms with Gasteiger partial charge in [-0.2, -0.15) is 0 Å². The van der Waals surface area contributed by atoms with Crippen molar-refractivity contribution in [3.05, 3.63) is 57.8 Å². The Balaban J connectivity index is 2.30. The van der Waals surface area contributed by atoms with Gasteiger partial charge in [0.25, 0.3) is 0 Å². The summed E-state index contributed by atoms with van der Waals surface area (Å²) in [5.74, 6) is 1.54. The zero-order valence-corrected chi connectivity index (χ0v) is 19.9. The normalized spacial score (nSPS) is 14.8. The van der Waals surface area contributed by atoms with Gasteiger partial charge in [-0.25, -0.2) is 0 Å². The molecule has 2 aromatic rings. The highest BCUT2D eigenvalue weighted by molar-refractivity contribution is 7.98. The van der Waals surface area contributed by atoms with Crippen LogP contribution in [0, 0.1) is 0 Å². The highest BCUT2D eigenvalue weighted by Gasteiger charge is 2.29. The van der Waals surface area contributed by atoms with Crippen molar-refractivity contribution in [3.63, 3.8) is 0 Å². The van der Waals surface area contributed by atoms with Crippen molar-refractivity contribution in [3.8, 4) is 28.4 Å². The lowest BCUT2D eigenvalue weighted by atomic mass is 9.95. The Morgan fingerprint density at radius 2 is 1.91 bits per heavy atom. The molecule has 2 aromatic carbocycles. The molecule has 1 N–H and O–H groups in total. The number of carbonyl (C=O) groups is 1. The first-order valence-electron chi connectivity index (χ1n) is 10.4. The second-order valence-corrected chi connectivity index (χ2v) is 8.24. The number of fused-ring (bicyclic) bond motifs is 3. The van der Waals surface area contributed by atoms with Gasteiger partial charge in [-0.3, -0.25) is 9.59 Å². The zero-order valence-electron chi connectivity index (χ0n) is 19.1. The van der Waals surface area contributed by atoms with Crippen LogP contribution in [0.4, 0.5) is 0 Å². The van der Waals surface area contributed by atoms with Gasteiger partial charge in [0.2, 0.25) is 11.7 Å². The second-order valence-electron chi connectivity index (χ2n) is 7.39. The molecule has 6 nitrogen and oxygen atoms in total. The number of nitrogens with one attached hydrogen (secondary N) is 1. The number of hydrogen-bond acceptors (Lipinski definition) is 6. The van der Waals surface area contributed by atoms with Gasteiger partial charge in [0.1, 0.15) is 0 Å². The summed E-state index contributed by atoms with van der Waals surface area (Å²) in [7, 11) is 4.75. The quantitative estimate of drug-likeness (QED) is 0.488. The summed E-state index contributed by atoms with van der Waals surface area (Å²) in [5, 5.41) is 3.12. The number of hydrogen-bond donors (Lipinski definition) is 1. The molecule has 0 unspecified atom stereocenters. The van der Waals surface area contributed by atoms with Gasteiger partial charge >= 0.3 is 0 Å². The molecule has 1 aliphatic rings. The van der Waals surface area contributed by atoms with E-state index in [1.54, 1.807) is 27.4 Å². The molecule has 1 amide bonds. The molecular weight excluding hydrogens is 426 g/mol. The number of rotatable bonds is 7. The molecule has 0 aliphatic heterocycles. The molecular formula is C25H29NO5S. The van der Waals surface area contributed by atoms with Crippen LogP contribution in [0.2, 0.25) is 0 Å². The van der Waals surface area contributed by atoms with Gasteiger partial charge in [0.15, 0.2) is 16.9 Å². The molecule has 0 saturated carbocycles. The van der Waals surface area contributed by atoms with Crippen molar-refractivity contribution in [2.75, 3.05) is 27.6 Å². The van der Waals surface area contributed by atoms with Crippen LogP contribution >= 0.6 is 11.8 Å². The number of allylic oxidation sites excluding steroid dienone is 1. The number of ether oxygens (including phenoxy) is 3. The van der Waals surface area contributed by atoms with E-state index in [1.165, 1.54) is 11.8 Å². The number of methoxy groups -OCH3 is 3. The van der Waals surface area contributed by atoms with Gasteiger partial charge in [0.05, 0.1) is 32.3 Å². The fraction of sp³-hybridized carbons (Fsp3) is 0.360. The SMILES string of the molecule is CC=CCC(=O)N[C@H]1CCc2cc(OC)c(OC)c(OC)c2-c2ccc(SC)c(=O)cc21. The minimum atomic E-state index is -0.313. The van der Waals surface area contributed by atoms with Crippen LogP contribution < -0.4 is 25.0 Å². The van der Waals surface area contributed by atoms with Gasteiger partial charge in [0, 0.05) is 12.0 Å². The third kappa shape index (κ3) is 4.63. The lowest BCUT2D eigenvalue weighted by Gasteiger charge is -2.20. The van der Waals surface area contributed by atoms with E-state index in [1.807, 2.05) is 43.5 Å². The Morgan fingerprint density at radius 1 is 1.16 bits per heavy atom. The van der Waals surface area contributed by atoms with Crippen LogP contribution in [0.15, 0.2) is 46.1 Å². The lowest BCUT2D eigenvalue weighted by molar-refractivity contribution is -0.121. The summed E-state index contributed by atoms with van der Waals surface area (Å²) < 4.78 is 17.0. The van der Waals surface area contributed by atoms with Gasteiger partial charge in [-0.1, -0.05) is 18.2 Å². The van der Waals surface area contributed by atoms with E-state index in [4.69, 9.17) is 14.2 Å². The molecule has 0 spiro atoms. The van der Waals surface area contributed by atoms with Crippen molar-refractivity contribution in [2.45, 2.75) is 37.1 Å². The highest BCUT2D eigenvalue weighted by atomic mass is 32.2. The first-order chi connectivity index (χ1) is 15.5. The maximum absolute atomic E-state index is 12.9. The smallest absolute Gasteiger partial charge is 0.224 e. The molecule has 3 rings (SSSR count). The van der Waals surface area contributed by atoms with Crippen LogP contribution in [0.5, 0.6) is 17.2 Å². The predicted molar refractivity (Wildman–Crippen MR) is 128 cm³/mol. The minimum absolute atomic E-state index is 0.0747. The molecule has 0 saturated heterocycles. The number of amides is 1. The van der Waals surface area contributed by atoms with E-state index < -0.39 is 0 Å². The standard InChI is InChI=1S/C25H29NO5S/c1-6-7-8-22(28)26-18-11-9-15-13-20(29-2)24(30-3)25(31-4)23(15)16-10-12-21(32-5)19(27)14-17(16)18/h6-7,10,12-14,18H,8-9,11H2,1-5H3,(H,26,28)/t18-/m0/s1. The molecule has 1 atom stereocenters. The summed E-state index contributed by atoms with van der Waals surface area (Å²) in [6, 6.07) is 7.05. The Hall–Kier alpha value is -2.93.